The highest BCUT2D eigenvalue weighted by Crippen LogP contribution is 2.12. The lowest BCUT2D eigenvalue weighted by Crippen LogP contribution is -2.10. The Balaban J connectivity index is 1.83. The van der Waals surface area contributed by atoms with E-state index in [1.54, 1.807) is 0 Å². The minimum absolute atomic E-state index is 0.939. The fourth-order valence-electron chi connectivity index (χ4n) is 2.91. The summed E-state index contributed by atoms with van der Waals surface area (Å²) in [6, 6.07) is 0. The number of nitrogens with zero attached hydrogens (tertiary/aromatic N) is 2. The Morgan fingerprint density at radius 3 is 1.91 bits per heavy atom. The second-order valence-corrected chi connectivity index (χ2v) is 6.42. The van der Waals surface area contributed by atoms with Gasteiger partial charge in [-0.25, -0.2) is 4.98 Å². The first-order chi connectivity index (χ1) is 10.9. The number of imidazole rings is 1. The van der Waals surface area contributed by atoms with Gasteiger partial charge in [0.2, 0.25) is 0 Å². The molecule has 0 aliphatic heterocycles. The molecule has 0 atom stereocenters. The maximum absolute atomic E-state index is 4.42. The van der Waals surface area contributed by atoms with E-state index in [1.807, 2.05) is 11.0 Å². The van der Waals surface area contributed by atoms with Crippen molar-refractivity contribution in [1.82, 2.24) is 9.66 Å². The van der Waals surface area contributed by atoms with E-state index in [2.05, 4.69) is 30.5 Å². The van der Waals surface area contributed by atoms with Gasteiger partial charge in [-0.3, -0.25) is 4.68 Å². The zero-order chi connectivity index (χ0) is 15.9. The van der Waals surface area contributed by atoms with Gasteiger partial charge in [0.1, 0.15) is 6.33 Å². The normalized spacial score (nSPS) is 11.0. The van der Waals surface area contributed by atoms with Crippen LogP contribution in [-0.4, -0.2) is 16.2 Å². The van der Waals surface area contributed by atoms with Crippen LogP contribution in [0.25, 0.3) is 0 Å². The minimum Gasteiger partial charge on any atom is -0.325 e. The molecule has 0 spiro atoms. The van der Waals surface area contributed by atoms with Crippen LogP contribution in [0.2, 0.25) is 0 Å². The Hall–Kier alpha value is -0.990. The topological polar surface area (TPSA) is 29.9 Å². The van der Waals surface area contributed by atoms with Crippen molar-refractivity contribution >= 4 is 0 Å². The van der Waals surface area contributed by atoms with Crippen LogP contribution in [0.15, 0.2) is 12.5 Å². The van der Waals surface area contributed by atoms with Gasteiger partial charge in [-0.15, -0.1) is 0 Å². The molecule has 22 heavy (non-hydrogen) atoms. The van der Waals surface area contributed by atoms with Crippen molar-refractivity contribution in [2.75, 3.05) is 12.0 Å². The first-order valence-electron chi connectivity index (χ1n) is 9.63. The highest BCUT2D eigenvalue weighted by Gasteiger charge is 1.98. The van der Waals surface area contributed by atoms with E-state index in [0.29, 0.717) is 0 Å². The van der Waals surface area contributed by atoms with E-state index in [-0.39, 0.29) is 0 Å². The van der Waals surface area contributed by atoms with Crippen molar-refractivity contribution in [2.45, 2.75) is 97.3 Å². The largest absolute Gasteiger partial charge is 0.325 e. The second kappa shape index (κ2) is 13.7. The molecule has 128 valence electrons. The van der Waals surface area contributed by atoms with Crippen molar-refractivity contribution in [1.29, 1.82) is 0 Å². The van der Waals surface area contributed by atoms with Gasteiger partial charge in [0.15, 0.2) is 0 Å². The van der Waals surface area contributed by atoms with Crippen LogP contribution in [0.3, 0.4) is 0 Å². The number of hydrogen-bond donors (Lipinski definition) is 1. The van der Waals surface area contributed by atoms with E-state index in [4.69, 9.17) is 0 Å². The maximum Gasteiger partial charge on any atom is 0.114 e. The first kappa shape index (κ1) is 19.1. The summed E-state index contributed by atoms with van der Waals surface area (Å²) >= 11 is 0. The maximum atomic E-state index is 4.42. The highest BCUT2D eigenvalue weighted by atomic mass is 15.4. The molecule has 0 aliphatic rings. The molecule has 1 aromatic rings. The van der Waals surface area contributed by atoms with Crippen molar-refractivity contribution in [3.8, 4) is 0 Å². The molecule has 0 fully saturated rings. The Labute approximate surface area is 137 Å². The fraction of sp³-hybridized carbons (Fsp3) is 0.842. The molecule has 3 heteroatoms. The number of aryl methyl sites for hydroxylation is 1. The molecule has 0 aliphatic carbocycles. The summed E-state index contributed by atoms with van der Waals surface area (Å²) in [5.74, 6) is 0. The number of aromatic nitrogens is 2. The molecule has 0 amide bonds. The van der Waals surface area contributed by atoms with Crippen LogP contribution in [0, 0.1) is 0 Å². The van der Waals surface area contributed by atoms with Crippen molar-refractivity contribution in [3.63, 3.8) is 0 Å². The van der Waals surface area contributed by atoms with E-state index in [0.717, 1.165) is 13.0 Å². The van der Waals surface area contributed by atoms with Crippen LogP contribution in [0.4, 0.5) is 0 Å². The lowest BCUT2D eigenvalue weighted by molar-refractivity contribution is 0.543. The number of hydrogen-bond acceptors (Lipinski definition) is 2. The molecule has 0 saturated carbocycles. The van der Waals surface area contributed by atoms with Gasteiger partial charge >= 0.3 is 0 Å². The number of rotatable bonds is 15. The number of unbranched alkanes of at least 4 members (excludes halogenated alkanes) is 11. The molecule has 1 aromatic heterocycles. The molecule has 0 aromatic carbocycles. The Kier molecular flexibility index (Phi) is 11.8. The molecule has 1 rings (SSSR count). The number of nitrogens with one attached hydrogen (secondary N) is 1. The summed E-state index contributed by atoms with van der Waals surface area (Å²) in [5.41, 5.74) is 4.44. The third-order valence-corrected chi connectivity index (χ3v) is 4.26. The van der Waals surface area contributed by atoms with Crippen molar-refractivity contribution < 1.29 is 0 Å². The molecular formula is C19H37N3. The van der Waals surface area contributed by atoms with Gasteiger partial charge in [-0.1, -0.05) is 77.6 Å². The fourth-order valence-corrected chi connectivity index (χ4v) is 2.91. The van der Waals surface area contributed by atoms with E-state index in [9.17, 15) is 0 Å². The Bertz CT molecular complexity index is 346. The second-order valence-electron chi connectivity index (χ2n) is 6.42. The zero-order valence-electron chi connectivity index (χ0n) is 14.9. The van der Waals surface area contributed by atoms with Crippen LogP contribution < -0.4 is 5.43 Å². The molecule has 0 radical (unpaired) electrons. The summed E-state index contributed by atoms with van der Waals surface area (Å²) in [6.07, 6.45) is 22.0. The monoisotopic (exact) mass is 307 g/mol. The predicted molar refractivity (Wildman–Crippen MR) is 96.9 cm³/mol. The van der Waals surface area contributed by atoms with E-state index < -0.39 is 0 Å². The minimum atomic E-state index is 0.939. The quantitative estimate of drug-likeness (QED) is 0.422. The molecule has 3 nitrogen and oxygen atoms in total. The van der Waals surface area contributed by atoms with Crippen LogP contribution >= 0.6 is 0 Å². The Morgan fingerprint density at radius 2 is 1.36 bits per heavy atom. The lowest BCUT2D eigenvalue weighted by Gasteiger charge is -2.02. The summed E-state index contributed by atoms with van der Waals surface area (Å²) in [7, 11) is 0. The molecule has 0 unspecified atom stereocenters. The summed E-state index contributed by atoms with van der Waals surface area (Å²) in [4.78, 5) is 4.42. The van der Waals surface area contributed by atoms with Crippen molar-refractivity contribution in [3.05, 3.63) is 18.2 Å². The SMILES string of the molecule is CCCCCCCCCCCCCCc1cn(NCC)cn1. The highest BCUT2D eigenvalue weighted by molar-refractivity contribution is 4.98. The van der Waals surface area contributed by atoms with Crippen molar-refractivity contribution in [2.24, 2.45) is 0 Å². The van der Waals surface area contributed by atoms with E-state index in [1.165, 1.54) is 82.7 Å². The van der Waals surface area contributed by atoms with Gasteiger partial charge < -0.3 is 5.43 Å². The van der Waals surface area contributed by atoms with Crippen LogP contribution in [0.1, 0.15) is 96.6 Å². The third-order valence-electron chi connectivity index (χ3n) is 4.26. The summed E-state index contributed by atoms with van der Waals surface area (Å²) in [5, 5.41) is 0. The molecule has 0 saturated heterocycles. The Morgan fingerprint density at radius 1 is 0.818 bits per heavy atom. The molecule has 1 heterocycles. The summed E-state index contributed by atoms with van der Waals surface area (Å²) in [6.45, 7) is 5.33. The van der Waals surface area contributed by atoms with Crippen LogP contribution in [-0.2, 0) is 6.42 Å². The van der Waals surface area contributed by atoms with Gasteiger partial charge in [0.25, 0.3) is 0 Å². The average Bonchev–Trinajstić information content (AvgIpc) is 2.96. The predicted octanol–water partition coefficient (Wildman–Crippen LogP) is 5.69. The molecule has 1 N–H and O–H groups in total. The first-order valence-corrected chi connectivity index (χ1v) is 9.63. The lowest BCUT2D eigenvalue weighted by atomic mass is 10.0. The third kappa shape index (κ3) is 9.86. The molecule has 0 bridgehead atoms. The molecular weight excluding hydrogens is 270 g/mol. The van der Waals surface area contributed by atoms with Gasteiger partial charge in [0.05, 0.1) is 5.69 Å². The van der Waals surface area contributed by atoms with Crippen LogP contribution in [0.5, 0.6) is 0 Å². The van der Waals surface area contributed by atoms with Gasteiger partial charge in [-0.05, 0) is 19.8 Å². The standard InChI is InChI=1S/C19H37N3/c1-3-5-6-7-8-9-10-11-12-13-14-15-16-19-17-22(18-20-19)21-4-2/h17-18,21H,3-16H2,1-2H3. The average molecular weight is 308 g/mol. The summed E-state index contributed by atoms with van der Waals surface area (Å²) < 4.78 is 1.97. The van der Waals surface area contributed by atoms with Gasteiger partial charge in [-0.2, -0.15) is 0 Å². The zero-order valence-corrected chi connectivity index (χ0v) is 14.9. The smallest absolute Gasteiger partial charge is 0.114 e. The van der Waals surface area contributed by atoms with Gasteiger partial charge in [0, 0.05) is 12.7 Å². The van der Waals surface area contributed by atoms with E-state index >= 15 is 0 Å².